The number of para-hydroxylation sites is 1. The lowest BCUT2D eigenvalue weighted by Gasteiger charge is -2.12. The molecule has 8 nitrogen and oxygen atoms in total. The summed E-state index contributed by atoms with van der Waals surface area (Å²) in [6.07, 6.45) is 0. The van der Waals surface area contributed by atoms with E-state index >= 15 is 0 Å². The van der Waals surface area contributed by atoms with E-state index in [4.69, 9.17) is 16.7 Å². The number of carbonyl (C=O) groups is 2. The van der Waals surface area contributed by atoms with Crippen LogP contribution in [-0.4, -0.2) is 33.9 Å². The van der Waals surface area contributed by atoms with Crippen molar-refractivity contribution in [3.8, 4) is 0 Å². The predicted molar refractivity (Wildman–Crippen MR) is 97.7 cm³/mol. The van der Waals surface area contributed by atoms with Gasteiger partial charge in [-0.15, -0.1) is 0 Å². The number of rotatable bonds is 6. The summed E-state index contributed by atoms with van der Waals surface area (Å²) in [5.41, 5.74) is 0.954. The molecule has 0 radical (unpaired) electrons. The molecule has 2 aromatic carbocycles. The van der Waals surface area contributed by atoms with Crippen LogP contribution in [-0.2, 0) is 19.6 Å². The molecule has 1 amide bonds. The monoisotopic (exact) mass is 397 g/mol. The lowest BCUT2D eigenvalue weighted by Crippen LogP contribution is -2.23. The molecule has 26 heavy (non-hydrogen) atoms. The highest BCUT2D eigenvalue weighted by atomic mass is 35.5. The fourth-order valence-electron chi connectivity index (χ4n) is 2.07. The molecule has 0 saturated heterocycles. The number of methoxy groups -OCH3 is 1. The smallest absolute Gasteiger partial charge is 0.339 e. The molecule has 0 saturated carbocycles. The summed E-state index contributed by atoms with van der Waals surface area (Å²) in [5, 5.41) is 10.4. The summed E-state index contributed by atoms with van der Waals surface area (Å²) in [5.74, 6) is -0.981. The number of anilines is 2. The number of hydrogen-bond donors (Lipinski definition) is 3. The minimum absolute atomic E-state index is 0.0276. The van der Waals surface area contributed by atoms with E-state index in [1.807, 2.05) is 0 Å². The summed E-state index contributed by atoms with van der Waals surface area (Å²) >= 11 is 5.97. The largest absolute Gasteiger partial charge is 0.465 e. The van der Waals surface area contributed by atoms with Gasteiger partial charge in [-0.1, -0.05) is 23.7 Å². The second-order valence-electron chi connectivity index (χ2n) is 5.13. The first-order valence-corrected chi connectivity index (χ1v) is 9.18. The molecule has 0 spiro atoms. The fraction of sp³-hybridized carbons (Fsp3) is 0.125. The zero-order valence-corrected chi connectivity index (χ0v) is 15.2. The second-order valence-corrected chi connectivity index (χ2v) is 7.09. The van der Waals surface area contributed by atoms with Crippen LogP contribution >= 0.6 is 11.6 Å². The highest BCUT2D eigenvalue weighted by Gasteiger charge is 2.14. The molecular formula is C16H16ClN3O5S. The van der Waals surface area contributed by atoms with E-state index in [0.717, 1.165) is 6.07 Å². The lowest BCUT2D eigenvalue weighted by atomic mass is 10.2. The van der Waals surface area contributed by atoms with Crippen molar-refractivity contribution < 1.29 is 22.7 Å². The van der Waals surface area contributed by atoms with Gasteiger partial charge in [-0.05, 0) is 30.3 Å². The Bertz CT molecular complexity index is 947. The average Bonchev–Trinajstić information content (AvgIpc) is 2.60. The van der Waals surface area contributed by atoms with Gasteiger partial charge in [0.1, 0.15) is 0 Å². The standard InChI is InChI=1S/C16H16ClN3O5S/c1-25-16(22)11-4-2-3-5-13(11)19-9-15(21)20-14-7-6-10(8-12(14)17)26(18,23)24/h2-8,19H,9H2,1H3,(H,20,21)(H2,18,23,24). The van der Waals surface area contributed by atoms with Gasteiger partial charge in [-0.25, -0.2) is 18.4 Å². The third-order valence-electron chi connectivity index (χ3n) is 3.31. The van der Waals surface area contributed by atoms with Gasteiger partial charge in [0.15, 0.2) is 0 Å². The molecule has 4 N–H and O–H groups in total. The third-order valence-corrected chi connectivity index (χ3v) is 4.54. The van der Waals surface area contributed by atoms with Crippen molar-refractivity contribution in [1.29, 1.82) is 0 Å². The van der Waals surface area contributed by atoms with Crippen LogP contribution < -0.4 is 15.8 Å². The van der Waals surface area contributed by atoms with E-state index in [1.54, 1.807) is 24.3 Å². The number of carbonyl (C=O) groups excluding carboxylic acids is 2. The normalized spacial score (nSPS) is 10.9. The Balaban J connectivity index is 2.06. The van der Waals surface area contributed by atoms with E-state index in [2.05, 4.69) is 15.4 Å². The number of hydrogen-bond acceptors (Lipinski definition) is 6. The maximum absolute atomic E-state index is 12.1. The van der Waals surface area contributed by atoms with Crippen molar-refractivity contribution in [2.75, 3.05) is 24.3 Å². The molecule has 0 fully saturated rings. The van der Waals surface area contributed by atoms with Gasteiger partial charge in [0.25, 0.3) is 0 Å². The number of benzene rings is 2. The zero-order valence-electron chi connectivity index (χ0n) is 13.7. The van der Waals surface area contributed by atoms with Crippen LogP contribution in [0.2, 0.25) is 5.02 Å². The van der Waals surface area contributed by atoms with Crippen LogP contribution in [0.4, 0.5) is 11.4 Å². The van der Waals surface area contributed by atoms with E-state index in [1.165, 1.54) is 19.2 Å². The van der Waals surface area contributed by atoms with Crippen molar-refractivity contribution in [3.63, 3.8) is 0 Å². The molecule has 138 valence electrons. The van der Waals surface area contributed by atoms with Crippen LogP contribution in [0.25, 0.3) is 0 Å². The van der Waals surface area contributed by atoms with E-state index in [0.29, 0.717) is 11.3 Å². The Hall–Kier alpha value is -2.62. The minimum Gasteiger partial charge on any atom is -0.465 e. The van der Waals surface area contributed by atoms with Crippen LogP contribution in [0.15, 0.2) is 47.4 Å². The summed E-state index contributed by atoms with van der Waals surface area (Å²) in [7, 11) is -2.62. The van der Waals surface area contributed by atoms with Crippen LogP contribution in [0.5, 0.6) is 0 Å². The third kappa shape index (κ3) is 4.94. The maximum atomic E-state index is 12.1. The van der Waals surface area contributed by atoms with E-state index < -0.39 is 21.9 Å². The number of sulfonamides is 1. The zero-order chi connectivity index (χ0) is 19.3. The highest BCUT2D eigenvalue weighted by Crippen LogP contribution is 2.24. The van der Waals surface area contributed by atoms with Crippen LogP contribution in [0.3, 0.4) is 0 Å². The highest BCUT2D eigenvalue weighted by molar-refractivity contribution is 7.89. The summed E-state index contributed by atoms with van der Waals surface area (Å²) < 4.78 is 27.2. The van der Waals surface area contributed by atoms with E-state index in [9.17, 15) is 18.0 Å². The predicted octanol–water partition coefficient (Wildman–Crippen LogP) is 1.82. The number of amides is 1. The Labute approximate surface area is 155 Å². The number of ether oxygens (including phenoxy) is 1. The molecule has 0 aliphatic carbocycles. The molecule has 2 aromatic rings. The summed E-state index contributed by atoms with van der Waals surface area (Å²) in [6.45, 7) is -0.152. The number of esters is 1. The van der Waals surface area contributed by atoms with Crippen molar-refractivity contribution >= 4 is 44.9 Å². The van der Waals surface area contributed by atoms with Gasteiger partial charge in [-0.3, -0.25) is 4.79 Å². The minimum atomic E-state index is -3.89. The van der Waals surface area contributed by atoms with Crippen LogP contribution in [0.1, 0.15) is 10.4 Å². The molecule has 0 aliphatic rings. The van der Waals surface area contributed by atoms with Gasteiger partial charge in [-0.2, -0.15) is 0 Å². The van der Waals surface area contributed by atoms with Gasteiger partial charge in [0.2, 0.25) is 15.9 Å². The van der Waals surface area contributed by atoms with Gasteiger partial charge >= 0.3 is 5.97 Å². The number of nitrogens with two attached hydrogens (primary N) is 1. The Morgan fingerprint density at radius 2 is 1.85 bits per heavy atom. The lowest BCUT2D eigenvalue weighted by molar-refractivity contribution is -0.114. The molecule has 0 aromatic heterocycles. The second kappa shape index (κ2) is 8.17. The number of nitrogens with one attached hydrogen (secondary N) is 2. The quantitative estimate of drug-likeness (QED) is 0.638. The number of halogens is 1. The SMILES string of the molecule is COC(=O)c1ccccc1NCC(=O)Nc1ccc(S(N)(=O)=O)cc1Cl. The first-order valence-electron chi connectivity index (χ1n) is 7.26. The molecule has 10 heteroatoms. The Kier molecular flexibility index (Phi) is 6.19. The Morgan fingerprint density at radius 3 is 2.46 bits per heavy atom. The van der Waals surface area contributed by atoms with Crippen molar-refractivity contribution in [2.24, 2.45) is 5.14 Å². The molecule has 0 atom stereocenters. The van der Waals surface area contributed by atoms with Crippen LogP contribution in [0, 0.1) is 0 Å². The first kappa shape index (κ1) is 19.7. The maximum Gasteiger partial charge on any atom is 0.339 e. The Morgan fingerprint density at radius 1 is 1.15 bits per heavy atom. The summed E-state index contributed by atoms with van der Waals surface area (Å²) in [6, 6.07) is 10.3. The topological polar surface area (TPSA) is 128 Å². The van der Waals surface area contributed by atoms with E-state index in [-0.39, 0.29) is 22.2 Å². The van der Waals surface area contributed by atoms with Crippen molar-refractivity contribution in [3.05, 3.63) is 53.1 Å². The van der Waals surface area contributed by atoms with Crippen molar-refractivity contribution in [2.45, 2.75) is 4.90 Å². The van der Waals surface area contributed by atoms with Gasteiger partial charge < -0.3 is 15.4 Å². The molecular weight excluding hydrogens is 382 g/mol. The molecule has 2 rings (SSSR count). The van der Waals surface area contributed by atoms with Gasteiger partial charge in [0.05, 0.1) is 34.8 Å². The molecule has 0 bridgehead atoms. The average molecular weight is 398 g/mol. The molecule has 0 heterocycles. The molecule has 0 aliphatic heterocycles. The summed E-state index contributed by atoms with van der Waals surface area (Å²) in [4.78, 5) is 23.6. The molecule has 0 unspecified atom stereocenters. The number of primary sulfonamides is 1. The first-order chi connectivity index (χ1) is 12.2. The van der Waals surface area contributed by atoms with Crippen molar-refractivity contribution in [1.82, 2.24) is 0 Å². The van der Waals surface area contributed by atoms with Gasteiger partial charge in [0, 0.05) is 5.69 Å². The fourth-order valence-corrected chi connectivity index (χ4v) is 2.90.